The molecule has 0 aliphatic carbocycles. The van der Waals surface area contributed by atoms with Gasteiger partial charge in [0.2, 0.25) is 5.91 Å². The van der Waals surface area contributed by atoms with E-state index in [2.05, 4.69) is 25.0 Å². The first kappa shape index (κ1) is 21.9. The molecule has 0 radical (unpaired) electrons. The summed E-state index contributed by atoms with van der Waals surface area (Å²) in [6.45, 7) is 5.56. The van der Waals surface area contributed by atoms with Crippen molar-refractivity contribution >= 4 is 11.7 Å². The molecule has 3 aromatic rings. The quantitative estimate of drug-likeness (QED) is 0.562. The maximum Gasteiger partial charge on any atom is 0.263 e. The fraction of sp³-hybridized carbons (Fsp3) is 0.500. The molecule has 4 rings (SSSR count). The summed E-state index contributed by atoms with van der Waals surface area (Å²) >= 11 is 0. The SMILES string of the molecule is CCc1noc(-c2cnc(C)nc2N2CCCC(C(=O)N(CCO)Cc3ccco3)C2)n1. The third kappa shape index (κ3) is 4.80. The van der Waals surface area contributed by atoms with Gasteiger partial charge in [0, 0.05) is 32.3 Å². The fourth-order valence-corrected chi connectivity index (χ4v) is 3.96. The van der Waals surface area contributed by atoms with E-state index in [4.69, 9.17) is 8.94 Å². The second-order valence-corrected chi connectivity index (χ2v) is 7.87. The Labute approximate surface area is 186 Å². The Kier molecular flexibility index (Phi) is 6.79. The maximum absolute atomic E-state index is 13.3. The molecule has 0 aromatic carbocycles. The highest BCUT2D eigenvalue weighted by Gasteiger charge is 2.32. The lowest BCUT2D eigenvalue weighted by Gasteiger charge is -2.35. The number of aryl methyl sites for hydroxylation is 2. The van der Waals surface area contributed by atoms with Crippen LogP contribution in [0.3, 0.4) is 0 Å². The summed E-state index contributed by atoms with van der Waals surface area (Å²) < 4.78 is 10.8. The van der Waals surface area contributed by atoms with Crippen molar-refractivity contribution in [1.82, 2.24) is 25.0 Å². The number of carbonyl (C=O) groups excluding carboxylic acids is 1. The summed E-state index contributed by atoms with van der Waals surface area (Å²) in [6, 6.07) is 3.62. The van der Waals surface area contributed by atoms with Crippen LogP contribution < -0.4 is 4.90 Å². The minimum Gasteiger partial charge on any atom is -0.467 e. The average Bonchev–Trinajstić information content (AvgIpc) is 3.50. The van der Waals surface area contributed by atoms with Gasteiger partial charge in [0.15, 0.2) is 5.82 Å². The van der Waals surface area contributed by atoms with E-state index < -0.39 is 0 Å². The number of aromatic nitrogens is 4. The van der Waals surface area contributed by atoms with Gasteiger partial charge in [-0.25, -0.2) is 9.97 Å². The van der Waals surface area contributed by atoms with E-state index in [1.807, 2.05) is 19.9 Å². The van der Waals surface area contributed by atoms with Crippen LogP contribution in [0.2, 0.25) is 0 Å². The Morgan fingerprint density at radius 2 is 2.25 bits per heavy atom. The second kappa shape index (κ2) is 9.90. The van der Waals surface area contributed by atoms with E-state index >= 15 is 0 Å². The Bertz CT molecular complexity index is 1030. The number of hydrogen-bond acceptors (Lipinski definition) is 9. The predicted octanol–water partition coefficient (Wildman–Crippen LogP) is 2.23. The number of aliphatic hydroxyl groups excluding tert-OH is 1. The molecule has 1 N–H and O–H groups in total. The van der Waals surface area contributed by atoms with E-state index in [-0.39, 0.29) is 25.0 Å². The molecule has 170 valence electrons. The van der Waals surface area contributed by atoms with Crippen molar-refractivity contribution in [3.05, 3.63) is 42.0 Å². The number of nitrogens with zero attached hydrogens (tertiary/aromatic N) is 6. The number of amides is 1. The Hall–Kier alpha value is -3.27. The van der Waals surface area contributed by atoms with Gasteiger partial charge in [-0.2, -0.15) is 4.98 Å². The maximum atomic E-state index is 13.3. The number of carbonyl (C=O) groups is 1. The Morgan fingerprint density at radius 1 is 1.38 bits per heavy atom. The van der Waals surface area contributed by atoms with Gasteiger partial charge >= 0.3 is 0 Å². The van der Waals surface area contributed by atoms with Gasteiger partial charge in [-0.05, 0) is 31.9 Å². The molecule has 3 aromatic heterocycles. The van der Waals surface area contributed by atoms with Crippen LogP contribution in [0.15, 0.2) is 33.5 Å². The highest BCUT2D eigenvalue weighted by atomic mass is 16.5. The lowest BCUT2D eigenvalue weighted by Crippen LogP contribution is -2.45. The molecule has 4 heterocycles. The minimum atomic E-state index is -0.220. The van der Waals surface area contributed by atoms with Gasteiger partial charge in [0.05, 0.1) is 25.3 Å². The lowest BCUT2D eigenvalue weighted by molar-refractivity contribution is -0.137. The van der Waals surface area contributed by atoms with Crippen molar-refractivity contribution in [2.24, 2.45) is 5.92 Å². The molecule has 0 saturated carbocycles. The Morgan fingerprint density at radius 3 is 2.97 bits per heavy atom. The van der Waals surface area contributed by atoms with Gasteiger partial charge in [-0.15, -0.1) is 0 Å². The molecule has 32 heavy (non-hydrogen) atoms. The molecular formula is C22H28N6O4. The molecule has 1 amide bonds. The average molecular weight is 441 g/mol. The third-order valence-electron chi connectivity index (χ3n) is 5.58. The summed E-state index contributed by atoms with van der Waals surface area (Å²) in [5.41, 5.74) is 0.665. The molecule has 0 spiro atoms. The molecule has 10 nitrogen and oxygen atoms in total. The van der Waals surface area contributed by atoms with Crippen molar-refractivity contribution < 1.29 is 18.8 Å². The molecule has 1 unspecified atom stereocenters. The summed E-state index contributed by atoms with van der Waals surface area (Å²) in [6.07, 6.45) is 5.57. The molecule has 1 fully saturated rings. The summed E-state index contributed by atoms with van der Waals surface area (Å²) in [5.74, 6) is 2.80. The summed E-state index contributed by atoms with van der Waals surface area (Å²) in [5, 5.41) is 13.5. The highest BCUT2D eigenvalue weighted by molar-refractivity contribution is 5.80. The van der Waals surface area contributed by atoms with Crippen molar-refractivity contribution in [2.45, 2.75) is 39.7 Å². The molecule has 1 aliphatic rings. The summed E-state index contributed by atoms with van der Waals surface area (Å²) in [7, 11) is 0. The molecule has 10 heteroatoms. The number of hydrogen-bond donors (Lipinski definition) is 1. The largest absolute Gasteiger partial charge is 0.467 e. The molecule has 1 atom stereocenters. The van der Waals surface area contributed by atoms with E-state index in [0.29, 0.717) is 54.2 Å². The zero-order valence-electron chi connectivity index (χ0n) is 18.4. The van der Waals surface area contributed by atoms with Gasteiger partial charge in [0.25, 0.3) is 5.89 Å². The number of anilines is 1. The van der Waals surface area contributed by atoms with E-state index in [9.17, 15) is 9.90 Å². The number of aliphatic hydroxyl groups is 1. The van der Waals surface area contributed by atoms with Crippen LogP contribution in [0.4, 0.5) is 5.82 Å². The van der Waals surface area contributed by atoms with Crippen LogP contribution in [0.5, 0.6) is 0 Å². The van der Waals surface area contributed by atoms with Crippen LogP contribution in [0, 0.1) is 12.8 Å². The molecular weight excluding hydrogens is 412 g/mol. The predicted molar refractivity (Wildman–Crippen MR) is 116 cm³/mol. The molecule has 1 saturated heterocycles. The van der Waals surface area contributed by atoms with Crippen molar-refractivity contribution in [3.8, 4) is 11.5 Å². The van der Waals surface area contributed by atoms with E-state index in [0.717, 1.165) is 19.4 Å². The first-order valence-corrected chi connectivity index (χ1v) is 10.9. The molecule has 1 aliphatic heterocycles. The van der Waals surface area contributed by atoms with Crippen molar-refractivity contribution in [1.29, 1.82) is 0 Å². The minimum absolute atomic E-state index is 0.00135. The smallest absolute Gasteiger partial charge is 0.263 e. The molecule has 0 bridgehead atoms. The first-order chi connectivity index (χ1) is 15.6. The van der Waals surface area contributed by atoms with Gasteiger partial charge < -0.3 is 23.8 Å². The van der Waals surface area contributed by atoms with Crippen LogP contribution in [0.1, 0.15) is 37.2 Å². The number of piperidine rings is 1. The Balaban J connectivity index is 1.56. The monoisotopic (exact) mass is 440 g/mol. The number of furan rings is 1. The lowest BCUT2D eigenvalue weighted by atomic mass is 9.96. The van der Waals surface area contributed by atoms with E-state index in [1.165, 1.54) is 0 Å². The van der Waals surface area contributed by atoms with Crippen LogP contribution in [-0.4, -0.2) is 62.3 Å². The highest BCUT2D eigenvalue weighted by Crippen LogP contribution is 2.31. The zero-order valence-corrected chi connectivity index (χ0v) is 18.4. The first-order valence-electron chi connectivity index (χ1n) is 10.9. The fourth-order valence-electron chi connectivity index (χ4n) is 3.96. The van der Waals surface area contributed by atoms with Crippen LogP contribution >= 0.6 is 0 Å². The van der Waals surface area contributed by atoms with Crippen LogP contribution in [0.25, 0.3) is 11.5 Å². The third-order valence-corrected chi connectivity index (χ3v) is 5.58. The summed E-state index contributed by atoms with van der Waals surface area (Å²) in [4.78, 5) is 30.5. The topological polar surface area (TPSA) is 122 Å². The number of rotatable bonds is 8. The second-order valence-electron chi connectivity index (χ2n) is 7.87. The van der Waals surface area contributed by atoms with E-state index in [1.54, 1.807) is 23.4 Å². The van der Waals surface area contributed by atoms with Gasteiger partial charge in [0.1, 0.15) is 23.0 Å². The van der Waals surface area contributed by atoms with Gasteiger partial charge in [-0.3, -0.25) is 4.79 Å². The van der Waals surface area contributed by atoms with Gasteiger partial charge in [-0.1, -0.05) is 12.1 Å². The van der Waals surface area contributed by atoms with Crippen LogP contribution in [-0.2, 0) is 17.8 Å². The zero-order chi connectivity index (χ0) is 22.5. The standard InChI is InChI=1S/C22H28N6O4/c1-3-19-25-21(32-26-19)18-12-23-15(2)24-20(18)27-8-4-6-16(13-27)22(30)28(9-10-29)14-17-7-5-11-31-17/h5,7,11-12,16,29H,3-4,6,8-10,13-14H2,1-2H3. The normalized spacial score (nSPS) is 16.3. The van der Waals surface area contributed by atoms with Crippen molar-refractivity contribution in [3.63, 3.8) is 0 Å². The van der Waals surface area contributed by atoms with Crippen molar-refractivity contribution in [2.75, 3.05) is 31.1 Å².